The van der Waals surface area contributed by atoms with E-state index in [1.165, 1.54) is 12.5 Å². The summed E-state index contributed by atoms with van der Waals surface area (Å²) in [6.45, 7) is 6.30. The van der Waals surface area contributed by atoms with E-state index in [2.05, 4.69) is 35.9 Å². The summed E-state index contributed by atoms with van der Waals surface area (Å²) in [5, 5.41) is 8.88. The Morgan fingerprint density at radius 3 is 2.32 bits per heavy atom. The van der Waals surface area contributed by atoms with Crippen LogP contribution in [0.2, 0.25) is 0 Å². The maximum Gasteiger partial charge on any atom is 0.226 e. The van der Waals surface area contributed by atoms with Crippen molar-refractivity contribution in [1.82, 2.24) is 0 Å². The summed E-state index contributed by atoms with van der Waals surface area (Å²) in [5.74, 6) is 0.208. The predicted molar refractivity (Wildman–Crippen MR) is 103 cm³/mol. The first-order valence-corrected chi connectivity index (χ1v) is 8.46. The molecule has 0 fully saturated rings. The second-order valence-corrected chi connectivity index (χ2v) is 6.23. The molecule has 0 atom stereocenters. The molecule has 0 radical (unpaired) electrons. The zero-order valence-corrected chi connectivity index (χ0v) is 14.9. The lowest BCUT2D eigenvalue weighted by Crippen LogP contribution is -2.17. The Kier molecular flexibility index (Phi) is 6.57. The number of hydrogen-bond donors (Lipinski definition) is 3. The van der Waals surface area contributed by atoms with E-state index in [0.29, 0.717) is 30.3 Å². The van der Waals surface area contributed by atoms with Crippen LogP contribution in [0.4, 0.5) is 17.1 Å². The maximum atomic E-state index is 12.1. The molecule has 2 aromatic carbocycles. The van der Waals surface area contributed by atoms with Gasteiger partial charge in [0.15, 0.2) is 0 Å². The molecule has 0 aliphatic rings. The summed E-state index contributed by atoms with van der Waals surface area (Å²) < 4.78 is 0. The predicted octanol–water partition coefficient (Wildman–Crippen LogP) is 4.21. The first kappa shape index (κ1) is 18.5. The minimum Gasteiger partial charge on any atom is -0.384 e. The van der Waals surface area contributed by atoms with Crippen molar-refractivity contribution in [2.75, 3.05) is 22.5 Å². The van der Waals surface area contributed by atoms with Gasteiger partial charge in [0, 0.05) is 37.0 Å². The highest BCUT2D eigenvalue weighted by atomic mass is 16.2. The number of nitrogens with one attached hydrogen (secondary N) is 3. The van der Waals surface area contributed by atoms with Crippen LogP contribution < -0.4 is 16.0 Å². The Balaban J connectivity index is 1.86. The van der Waals surface area contributed by atoms with E-state index in [4.69, 9.17) is 0 Å². The van der Waals surface area contributed by atoms with Crippen LogP contribution in [0.15, 0.2) is 48.5 Å². The number of para-hydroxylation sites is 1. The second kappa shape index (κ2) is 8.87. The van der Waals surface area contributed by atoms with Gasteiger partial charge in [-0.25, -0.2) is 0 Å². The molecule has 2 rings (SSSR count). The van der Waals surface area contributed by atoms with Crippen molar-refractivity contribution in [3.05, 3.63) is 54.1 Å². The number of carbonyl (C=O) groups excluding carboxylic acids is 2. The summed E-state index contributed by atoms with van der Waals surface area (Å²) >= 11 is 0. The summed E-state index contributed by atoms with van der Waals surface area (Å²) in [5.41, 5.74) is 3.64. The molecule has 0 heterocycles. The maximum absolute atomic E-state index is 12.1. The van der Waals surface area contributed by atoms with Crippen LogP contribution >= 0.6 is 0 Å². The van der Waals surface area contributed by atoms with Crippen LogP contribution in [-0.4, -0.2) is 18.4 Å². The molecule has 25 heavy (non-hydrogen) atoms. The van der Waals surface area contributed by atoms with Gasteiger partial charge in [0.05, 0.1) is 0 Å². The molecule has 5 heteroatoms. The Labute approximate surface area is 148 Å². The molecule has 2 aromatic rings. The van der Waals surface area contributed by atoms with Crippen molar-refractivity contribution < 1.29 is 9.59 Å². The highest BCUT2D eigenvalue weighted by Crippen LogP contribution is 2.23. The molecule has 0 aliphatic carbocycles. The van der Waals surface area contributed by atoms with E-state index >= 15 is 0 Å². The van der Waals surface area contributed by atoms with Gasteiger partial charge in [0.1, 0.15) is 0 Å². The van der Waals surface area contributed by atoms with Crippen LogP contribution in [0.5, 0.6) is 0 Å². The van der Waals surface area contributed by atoms with Gasteiger partial charge in [-0.05, 0) is 35.7 Å². The second-order valence-electron chi connectivity index (χ2n) is 6.23. The van der Waals surface area contributed by atoms with E-state index in [1.807, 2.05) is 18.2 Å². The quantitative estimate of drug-likeness (QED) is 0.708. The van der Waals surface area contributed by atoms with Crippen LogP contribution in [0, 0.1) is 0 Å². The lowest BCUT2D eigenvalue weighted by Gasteiger charge is -2.14. The fraction of sp³-hybridized carbons (Fsp3) is 0.300. The summed E-state index contributed by atoms with van der Waals surface area (Å²) in [7, 11) is 0. The van der Waals surface area contributed by atoms with Crippen LogP contribution in [0.25, 0.3) is 0 Å². The van der Waals surface area contributed by atoms with Crippen molar-refractivity contribution in [2.24, 2.45) is 0 Å². The summed E-state index contributed by atoms with van der Waals surface area (Å²) in [4.78, 5) is 23.2. The van der Waals surface area contributed by atoms with E-state index in [9.17, 15) is 9.59 Å². The van der Waals surface area contributed by atoms with Gasteiger partial charge in [-0.3, -0.25) is 9.59 Å². The van der Waals surface area contributed by atoms with Gasteiger partial charge < -0.3 is 16.0 Å². The molecular formula is C20H25N3O2. The molecule has 5 nitrogen and oxygen atoms in total. The van der Waals surface area contributed by atoms with Gasteiger partial charge in [0.25, 0.3) is 0 Å². The van der Waals surface area contributed by atoms with Crippen LogP contribution in [-0.2, 0) is 9.59 Å². The number of anilines is 3. The van der Waals surface area contributed by atoms with Crippen LogP contribution in [0.1, 0.15) is 38.7 Å². The average Bonchev–Trinajstić information content (AvgIpc) is 2.54. The van der Waals surface area contributed by atoms with E-state index in [1.54, 1.807) is 24.3 Å². The Morgan fingerprint density at radius 1 is 0.960 bits per heavy atom. The monoisotopic (exact) mass is 339 g/mol. The average molecular weight is 339 g/mol. The molecule has 0 unspecified atom stereocenters. The normalized spacial score (nSPS) is 10.4. The number of benzene rings is 2. The zero-order chi connectivity index (χ0) is 18.2. The molecular weight excluding hydrogens is 314 g/mol. The van der Waals surface area contributed by atoms with Crippen molar-refractivity contribution >= 4 is 28.9 Å². The fourth-order valence-electron chi connectivity index (χ4n) is 2.57. The minimum absolute atomic E-state index is 0.0745. The topological polar surface area (TPSA) is 70.2 Å². The summed E-state index contributed by atoms with van der Waals surface area (Å²) in [6.07, 6.45) is 0.358. The Hall–Kier alpha value is -2.82. The number of amides is 2. The van der Waals surface area contributed by atoms with E-state index < -0.39 is 0 Å². The van der Waals surface area contributed by atoms with Crippen molar-refractivity contribution in [3.63, 3.8) is 0 Å². The lowest BCUT2D eigenvalue weighted by atomic mass is 10.0. The largest absolute Gasteiger partial charge is 0.384 e. The molecule has 132 valence electrons. The van der Waals surface area contributed by atoms with Gasteiger partial charge in [-0.15, -0.1) is 0 Å². The first-order chi connectivity index (χ1) is 12.0. The number of rotatable bonds is 7. The molecule has 0 spiro atoms. The van der Waals surface area contributed by atoms with Crippen molar-refractivity contribution in [2.45, 2.75) is 33.1 Å². The third-order valence-electron chi connectivity index (χ3n) is 3.72. The minimum atomic E-state index is -0.142. The third kappa shape index (κ3) is 5.95. The fourth-order valence-corrected chi connectivity index (χ4v) is 2.57. The standard InChI is InChI=1S/C20H25N3O2/c1-14(2)18-9-4-5-10-19(18)21-12-11-20(25)23-17-8-6-7-16(13-17)22-15(3)24/h4-10,13-14,21H,11-12H2,1-3H3,(H,22,24)(H,23,25). The molecule has 0 aliphatic heterocycles. The Morgan fingerprint density at radius 2 is 1.64 bits per heavy atom. The van der Waals surface area contributed by atoms with Gasteiger partial charge in [-0.2, -0.15) is 0 Å². The number of hydrogen-bond acceptors (Lipinski definition) is 3. The van der Waals surface area contributed by atoms with Crippen LogP contribution in [0.3, 0.4) is 0 Å². The molecule has 0 saturated carbocycles. The lowest BCUT2D eigenvalue weighted by molar-refractivity contribution is -0.116. The molecule has 3 N–H and O–H groups in total. The highest BCUT2D eigenvalue weighted by Gasteiger charge is 2.07. The molecule has 2 amide bonds. The highest BCUT2D eigenvalue weighted by molar-refractivity contribution is 5.93. The third-order valence-corrected chi connectivity index (χ3v) is 3.72. The van der Waals surface area contributed by atoms with Gasteiger partial charge in [0.2, 0.25) is 11.8 Å². The SMILES string of the molecule is CC(=O)Nc1cccc(NC(=O)CCNc2ccccc2C(C)C)c1. The molecule has 0 aromatic heterocycles. The van der Waals surface area contributed by atoms with Crippen molar-refractivity contribution in [1.29, 1.82) is 0 Å². The van der Waals surface area contributed by atoms with Gasteiger partial charge in [-0.1, -0.05) is 38.1 Å². The molecule has 0 saturated heterocycles. The first-order valence-electron chi connectivity index (χ1n) is 8.46. The van der Waals surface area contributed by atoms with Gasteiger partial charge >= 0.3 is 0 Å². The zero-order valence-electron chi connectivity index (χ0n) is 14.9. The van der Waals surface area contributed by atoms with Crippen molar-refractivity contribution in [3.8, 4) is 0 Å². The van der Waals surface area contributed by atoms with E-state index in [-0.39, 0.29) is 11.8 Å². The summed E-state index contributed by atoms with van der Waals surface area (Å²) in [6, 6.07) is 15.2. The van der Waals surface area contributed by atoms with E-state index in [0.717, 1.165) is 5.69 Å². The molecule has 0 bridgehead atoms. The Bertz CT molecular complexity index is 741. The number of carbonyl (C=O) groups is 2. The smallest absolute Gasteiger partial charge is 0.226 e.